The monoisotopic (exact) mass is 395 g/mol. The van der Waals surface area contributed by atoms with Gasteiger partial charge in [0.1, 0.15) is 0 Å². The molecule has 0 aliphatic carbocycles. The third-order valence-corrected chi connectivity index (χ3v) is 5.63. The molecule has 0 bridgehead atoms. The average Bonchev–Trinajstić information content (AvgIpc) is 2.70. The van der Waals surface area contributed by atoms with Gasteiger partial charge in [-0.05, 0) is 12.8 Å². The SMILES string of the molecule is CCCCCCCCCCCCN=C(N)NCCCCCCCCCCCC. The van der Waals surface area contributed by atoms with Crippen LogP contribution in [0.3, 0.4) is 0 Å². The molecule has 0 atom stereocenters. The fourth-order valence-corrected chi connectivity index (χ4v) is 3.68. The molecule has 0 rings (SSSR count). The number of nitrogens with two attached hydrogens (primary N) is 1. The molecule has 0 amide bonds. The van der Waals surface area contributed by atoms with Crippen LogP contribution in [0.4, 0.5) is 0 Å². The number of nitrogens with one attached hydrogen (secondary N) is 1. The predicted octanol–water partition coefficient (Wildman–Crippen LogP) is 7.73. The van der Waals surface area contributed by atoms with E-state index in [0.717, 1.165) is 13.1 Å². The van der Waals surface area contributed by atoms with E-state index in [0.29, 0.717) is 5.96 Å². The van der Waals surface area contributed by atoms with Gasteiger partial charge in [0.2, 0.25) is 0 Å². The lowest BCUT2D eigenvalue weighted by Gasteiger charge is -2.06. The molecule has 0 radical (unpaired) electrons. The van der Waals surface area contributed by atoms with Gasteiger partial charge in [-0.2, -0.15) is 0 Å². The van der Waals surface area contributed by atoms with Crippen LogP contribution >= 0.6 is 0 Å². The molecule has 0 aliphatic heterocycles. The first-order chi connectivity index (χ1) is 13.8. The lowest BCUT2D eigenvalue weighted by Crippen LogP contribution is -2.32. The largest absolute Gasteiger partial charge is 0.370 e. The van der Waals surface area contributed by atoms with Gasteiger partial charge in [-0.25, -0.2) is 0 Å². The van der Waals surface area contributed by atoms with Gasteiger partial charge in [-0.1, -0.05) is 129 Å². The van der Waals surface area contributed by atoms with Crippen molar-refractivity contribution in [3.63, 3.8) is 0 Å². The summed E-state index contributed by atoms with van der Waals surface area (Å²) in [6.45, 7) is 6.42. The molecule has 0 aromatic carbocycles. The smallest absolute Gasteiger partial charge is 0.188 e. The standard InChI is InChI=1S/C25H53N3/c1-3-5-7-9-11-13-15-17-19-21-23-27-25(26)28-24-22-20-18-16-14-12-10-8-6-4-2/h3-24H2,1-2H3,(H3,26,27,28). The Balaban J connectivity index is 3.22. The van der Waals surface area contributed by atoms with E-state index in [2.05, 4.69) is 24.2 Å². The van der Waals surface area contributed by atoms with Crippen molar-refractivity contribution in [2.24, 2.45) is 10.7 Å². The molecular weight excluding hydrogens is 342 g/mol. The van der Waals surface area contributed by atoms with E-state index in [1.165, 1.54) is 128 Å². The summed E-state index contributed by atoms with van der Waals surface area (Å²) in [5.41, 5.74) is 5.95. The minimum Gasteiger partial charge on any atom is -0.370 e. The summed E-state index contributed by atoms with van der Waals surface area (Å²) in [4.78, 5) is 4.46. The fraction of sp³-hybridized carbons (Fsp3) is 0.960. The highest BCUT2D eigenvalue weighted by Crippen LogP contribution is 2.11. The van der Waals surface area contributed by atoms with Crippen molar-refractivity contribution in [2.45, 2.75) is 142 Å². The van der Waals surface area contributed by atoms with Crippen LogP contribution in [0, 0.1) is 0 Å². The van der Waals surface area contributed by atoms with E-state index in [-0.39, 0.29) is 0 Å². The summed E-state index contributed by atoms with van der Waals surface area (Å²) in [5.74, 6) is 0.645. The summed E-state index contributed by atoms with van der Waals surface area (Å²) in [7, 11) is 0. The number of hydrogen-bond donors (Lipinski definition) is 2. The van der Waals surface area contributed by atoms with E-state index < -0.39 is 0 Å². The second-order valence-electron chi connectivity index (χ2n) is 8.56. The molecule has 3 nitrogen and oxygen atoms in total. The fourth-order valence-electron chi connectivity index (χ4n) is 3.68. The number of unbranched alkanes of at least 4 members (excludes halogenated alkanes) is 18. The van der Waals surface area contributed by atoms with Crippen molar-refractivity contribution in [3.8, 4) is 0 Å². The first-order valence-corrected chi connectivity index (χ1v) is 12.8. The van der Waals surface area contributed by atoms with Crippen LogP contribution < -0.4 is 11.1 Å². The van der Waals surface area contributed by atoms with Crippen molar-refractivity contribution < 1.29 is 0 Å². The molecule has 0 heterocycles. The second kappa shape index (κ2) is 24.3. The molecule has 3 N–H and O–H groups in total. The maximum atomic E-state index is 5.95. The van der Waals surface area contributed by atoms with Crippen molar-refractivity contribution in [1.29, 1.82) is 0 Å². The Morgan fingerprint density at radius 3 is 1.32 bits per heavy atom. The van der Waals surface area contributed by atoms with Crippen molar-refractivity contribution in [3.05, 3.63) is 0 Å². The molecule has 0 fully saturated rings. The first-order valence-electron chi connectivity index (χ1n) is 12.8. The van der Waals surface area contributed by atoms with E-state index in [1.54, 1.807) is 0 Å². The molecule has 0 aliphatic rings. The Kier molecular flexibility index (Phi) is 23.7. The Morgan fingerprint density at radius 2 is 0.893 bits per heavy atom. The third kappa shape index (κ3) is 23.3. The number of rotatable bonds is 22. The topological polar surface area (TPSA) is 50.4 Å². The Morgan fingerprint density at radius 1 is 0.536 bits per heavy atom. The van der Waals surface area contributed by atoms with E-state index in [9.17, 15) is 0 Å². The highest BCUT2D eigenvalue weighted by molar-refractivity contribution is 5.77. The van der Waals surface area contributed by atoms with E-state index in [4.69, 9.17) is 5.73 Å². The molecule has 0 saturated heterocycles. The highest BCUT2D eigenvalue weighted by atomic mass is 15.1. The zero-order valence-electron chi connectivity index (χ0n) is 19.6. The van der Waals surface area contributed by atoms with E-state index in [1.807, 2.05) is 0 Å². The number of nitrogens with zero attached hydrogens (tertiary/aromatic N) is 1. The van der Waals surface area contributed by atoms with Gasteiger partial charge in [0.05, 0.1) is 0 Å². The Hall–Kier alpha value is -0.730. The van der Waals surface area contributed by atoms with Gasteiger partial charge in [0.25, 0.3) is 0 Å². The summed E-state index contributed by atoms with van der Waals surface area (Å²) >= 11 is 0. The number of aliphatic imine (C=N–C) groups is 1. The van der Waals surface area contributed by atoms with Gasteiger partial charge < -0.3 is 11.1 Å². The van der Waals surface area contributed by atoms with Crippen LogP contribution in [-0.4, -0.2) is 19.0 Å². The lowest BCUT2D eigenvalue weighted by molar-refractivity contribution is 0.554. The number of hydrogen-bond acceptors (Lipinski definition) is 1. The van der Waals surface area contributed by atoms with Gasteiger partial charge >= 0.3 is 0 Å². The minimum atomic E-state index is 0.645. The molecule has 0 spiro atoms. The first kappa shape index (κ1) is 27.3. The lowest BCUT2D eigenvalue weighted by atomic mass is 10.1. The highest BCUT2D eigenvalue weighted by Gasteiger charge is 1.95. The zero-order chi connectivity index (χ0) is 20.5. The quantitative estimate of drug-likeness (QED) is 0.112. The van der Waals surface area contributed by atoms with Crippen LogP contribution in [0.25, 0.3) is 0 Å². The minimum absolute atomic E-state index is 0.645. The predicted molar refractivity (Wildman–Crippen MR) is 128 cm³/mol. The summed E-state index contributed by atoms with van der Waals surface area (Å²) in [6, 6.07) is 0. The van der Waals surface area contributed by atoms with Crippen LogP contribution in [0.15, 0.2) is 4.99 Å². The van der Waals surface area contributed by atoms with Gasteiger partial charge in [-0.15, -0.1) is 0 Å². The van der Waals surface area contributed by atoms with Gasteiger partial charge in [-0.3, -0.25) is 4.99 Å². The summed E-state index contributed by atoms with van der Waals surface area (Å²) in [6.07, 6.45) is 27.4. The summed E-state index contributed by atoms with van der Waals surface area (Å²) in [5, 5.41) is 3.27. The molecular formula is C25H53N3. The molecule has 28 heavy (non-hydrogen) atoms. The van der Waals surface area contributed by atoms with Crippen LogP contribution in [-0.2, 0) is 0 Å². The van der Waals surface area contributed by atoms with Crippen LogP contribution in [0.5, 0.6) is 0 Å². The molecule has 0 aromatic rings. The molecule has 168 valence electrons. The molecule has 0 unspecified atom stereocenters. The van der Waals surface area contributed by atoms with Crippen molar-refractivity contribution in [2.75, 3.05) is 13.1 Å². The average molecular weight is 396 g/mol. The maximum Gasteiger partial charge on any atom is 0.188 e. The molecule has 3 heteroatoms. The summed E-state index contributed by atoms with van der Waals surface area (Å²) < 4.78 is 0. The third-order valence-electron chi connectivity index (χ3n) is 5.63. The number of guanidine groups is 1. The maximum absolute atomic E-state index is 5.95. The van der Waals surface area contributed by atoms with Crippen molar-refractivity contribution in [1.82, 2.24) is 5.32 Å². The van der Waals surface area contributed by atoms with Gasteiger partial charge in [0, 0.05) is 13.1 Å². The molecule has 0 aromatic heterocycles. The second-order valence-corrected chi connectivity index (χ2v) is 8.56. The van der Waals surface area contributed by atoms with Crippen LogP contribution in [0.2, 0.25) is 0 Å². The van der Waals surface area contributed by atoms with Crippen molar-refractivity contribution >= 4 is 5.96 Å². The Bertz CT molecular complexity index is 315. The normalized spacial score (nSPS) is 11.9. The van der Waals surface area contributed by atoms with Crippen LogP contribution in [0.1, 0.15) is 142 Å². The van der Waals surface area contributed by atoms with Gasteiger partial charge in [0.15, 0.2) is 5.96 Å². The zero-order valence-corrected chi connectivity index (χ0v) is 19.6. The Labute approximate surface area is 177 Å². The molecule has 0 saturated carbocycles. The van der Waals surface area contributed by atoms with E-state index >= 15 is 0 Å².